The number of halogens is 1. The zero-order chi connectivity index (χ0) is 12.5. The van der Waals surface area contributed by atoms with Crippen LogP contribution in [0.2, 0.25) is 5.02 Å². The number of imidazole rings is 1. The number of hydrazine groups is 1. The average molecular weight is 259 g/mol. The van der Waals surface area contributed by atoms with E-state index in [2.05, 4.69) is 10.4 Å². The normalized spacial score (nSPS) is 10.8. The van der Waals surface area contributed by atoms with Crippen molar-refractivity contribution >= 4 is 22.9 Å². The van der Waals surface area contributed by atoms with Crippen molar-refractivity contribution in [2.24, 2.45) is 5.84 Å². The Hall–Kier alpha value is -2.04. The molecule has 2 aromatic heterocycles. The summed E-state index contributed by atoms with van der Waals surface area (Å²) in [5, 5.41) is 0.689. The van der Waals surface area contributed by atoms with E-state index in [0.717, 1.165) is 22.6 Å². The van der Waals surface area contributed by atoms with Gasteiger partial charge in [-0.25, -0.2) is 4.98 Å². The summed E-state index contributed by atoms with van der Waals surface area (Å²) >= 11 is 5.94. The Morgan fingerprint density at radius 2 is 1.83 bits per heavy atom. The molecule has 0 aliphatic heterocycles. The second-order valence-electron chi connectivity index (χ2n) is 3.96. The molecule has 4 nitrogen and oxygen atoms in total. The number of pyridine rings is 1. The van der Waals surface area contributed by atoms with Crippen LogP contribution in [0.5, 0.6) is 0 Å². The van der Waals surface area contributed by atoms with Crippen LogP contribution in [0.4, 0.5) is 5.69 Å². The number of aromatic nitrogens is 2. The highest BCUT2D eigenvalue weighted by molar-refractivity contribution is 6.30. The zero-order valence-electron chi connectivity index (χ0n) is 9.47. The molecule has 0 radical (unpaired) electrons. The molecule has 90 valence electrons. The zero-order valence-corrected chi connectivity index (χ0v) is 10.2. The summed E-state index contributed by atoms with van der Waals surface area (Å²) in [6.45, 7) is 0. The van der Waals surface area contributed by atoms with Gasteiger partial charge in [0.15, 0.2) is 0 Å². The first-order chi connectivity index (χ1) is 8.76. The summed E-state index contributed by atoms with van der Waals surface area (Å²) in [7, 11) is 0. The smallest absolute Gasteiger partial charge is 0.137 e. The minimum absolute atomic E-state index is 0.689. The molecule has 0 amide bonds. The second-order valence-corrected chi connectivity index (χ2v) is 4.40. The van der Waals surface area contributed by atoms with Gasteiger partial charge in [-0.3, -0.25) is 5.84 Å². The Bertz CT molecular complexity index is 688. The van der Waals surface area contributed by atoms with Crippen LogP contribution < -0.4 is 11.3 Å². The van der Waals surface area contributed by atoms with Crippen LogP contribution >= 0.6 is 11.6 Å². The molecule has 0 atom stereocenters. The number of anilines is 1. The molecule has 0 unspecified atom stereocenters. The number of benzene rings is 1. The van der Waals surface area contributed by atoms with Gasteiger partial charge in [-0.15, -0.1) is 0 Å². The summed E-state index contributed by atoms with van der Waals surface area (Å²) in [5.41, 5.74) is 6.27. The van der Waals surface area contributed by atoms with E-state index in [1.165, 1.54) is 0 Å². The minimum Gasteiger partial charge on any atom is -0.324 e. The van der Waals surface area contributed by atoms with E-state index in [1.807, 2.05) is 53.2 Å². The van der Waals surface area contributed by atoms with E-state index < -0.39 is 0 Å². The van der Waals surface area contributed by atoms with Crippen molar-refractivity contribution in [1.29, 1.82) is 0 Å². The average Bonchev–Trinajstić information content (AvgIpc) is 2.81. The second kappa shape index (κ2) is 4.33. The van der Waals surface area contributed by atoms with Crippen molar-refractivity contribution in [2.75, 3.05) is 5.43 Å². The molecule has 0 aliphatic carbocycles. The van der Waals surface area contributed by atoms with E-state index in [4.69, 9.17) is 17.4 Å². The van der Waals surface area contributed by atoms with Crippen LogP contribution in [-0.4, -0.2) is 9.38 Å². The largest absolute Gasteiger partial charge is 0.324 e. The van der Waals surface area contributed by atoms with Crippen LogP contribution in [0, 0.1) is 0 Å². The number of nitrogen functional groups attached to an aromatic ring is 1. The van der Waals surface area contributed by atoms with E-state index in [1.54, 1.807) is 0 Å². The van der Waals surface area contributed by atoms with Gasteiger partial charge in [0, 0.05) is 23.6 Å². The lowest BCUT2D eigenvalue weighted by Gasteiger charge is -2.00. The number of hydrogen-bond acceptors (Lipinski definition) is 3. The lowest BCUT2D eigenvalue weighted by atomic mass is 10.1. The molecule has 5 heteroatoms. The Morgan fingerprint density at radius 1 is 1.06 bits per heavy atom. The van der Waals surface area contributed by atoms with Crippen LogP contribution in [0.15, 0.2) is 48.8 Å². The van der Waals surface area contributed by atoms with Crippen molar-refractivity contribution in [3.63, 3.8) is 0 Å². The molecule has 0 bridgehead atoms. The third kappa shape index (κ3) is 1.92. The van der Waals surface area contributed by atoms with Gasteiger partial charge in [0.25, 0.3) is 0 Å². The number of rotatable bonds is 2. The molecule has 0 saturated heterocycles. The van der Waals surface area contributed by atoms with E-state index in [9.17, 15) is 0 Å². The van der Waals surface area contributed by atoms with E-state index in [-0.39, 0.29) is 0 Å². The molecule has 3 rings (SSSR count). The first kappa shape index (κ1) is 11.1. The van der Waals surface area contributed by atoms with Gasteiger partial charge in [0.05, 0.1) is 10.7 Å². The van der Waals surface area contributed by atoms with Crippen LogP contribution in [-0.2, 0) is 0 Å². The number of fused-ring (bicyclic) bond motifs is 1. The molecular weight excluding hydrogens is 248 g/mol. The third-order valence-corrected chi connectivity index (χ3v) is 2.99. The van der Waals surface area contributed by atoms with Crippen molar-refractivity contribution in [1.82, 2.24) is 9.38 Å². The predicted molar refractivity (Wildman–Crippen MR) is 73.4 cm³/mol. The van der Waals surface area contributed by atoms with Crippen molar-refractivity contribution in [2.45, 2.75) is 0 Å². The molecule has 3 aromatic rings. The molecular formula is C13H11ClN4. The fraction of sp³-hybridized carbons (Fsp3) is 0. The lowest BCUT2D eigenvalue weighted by molar-refractivity contribution is 1.19. The Kier molecular flexibility index (Phi) is 2.66. The molecule has 18 heavy (non-hydrogen) atoms. The molecule has 3 N–H and O–H groups in total. The summed E-state index contributed by atoms with van der Waals surface area (Å²) in [5.74, 6) is 5.33. The van der Waals surface area contributed by atoms with Gasteiger partial charge >= 0.3 is 0 Å². The SMILES string of the molecule is NNc1ccc(-c2cn3cc(Cl)ccc3n2)cc1. The number of hydrogen-bond donors (Lipinski definition) is 2. The van der Waals surface area contributed by atoms with E-state index in [0.29, 0.717) is 5.02 Å². The minimum atomic E-state index is 0.689. The number of nitrogens with one attached hydrogen (secondary N) is 1. The summed E-state index contributed by atoms with van der Waals surface area (Å²) in [4.78, 5) is 4.53. The van der Waals surface area contributed by atoms with Gasteiger partial charge in [0.2, 0.25) is 0 Å². The van der Waals surface area contributed by atoms with E-state index >= 15 is 0 Å². The maximum atomic E-state index is 5.94. The molecule has 1 aromatic carbocycles. The van der Waals surface area contributed by atoms with Crippen molar-refractivity contribution < 1.29 is 0 Å². The Balaban J connectivity index is 2.07. The van der Waals surface area contributed by atoms with Gasteiger partial charge < -0.3 is 9.83 Å². The third-order valence-electron chi connectivity index (χ3n) is 2.76. The Labute approximate surface area is 109 Å². The highest BCUT2D eigenvalue weighted by atomic mass is 35.5. The van der Waals surface area contributed by atoms with Gasteiger partial charge in [-0.05, 0) is 24.3 Å². The maximum Gasteiger partial charge on any atom is 0.137 e. The van der Waals surface area contributed by atoms with Crippen molar-refractivity contribution in [3.05, 3.63) is 53.8 Å². The molecule has 0 saturated carbocycles. The predicted octanol–water partition coefficient (Wildman–Crippen LogP) is 2.94. The van der Waals surface area contributed by atoms with Gasteiger partial charge in [-0.2, -0.15) is 0 Å². The topological polar surface area (TPSA) is 55.3 Å². The molecule has 0 fully saturated rings. The fourth-order valence-electron chi connectivity index (χ4n) is 1.84. The van der Waals surface area contributed by atoms with Crippen LogP contribution in [0.3, 0.4) is 0 Å². The van der Waals surface area contributed by atoms with Crippen molar-refractivity contribution in [3.8, 4) is 11.3 Å². The van der Waals surface area contributed by atoms with Gasteiger partial charge in [-0.1, -0.05) is 23.7 Å². The number of nitrogens with two attached hydrogens (primary N) is 1. The highest BCUT2D eigenvalue weighted by Crippen LogP contribution is 2.21. The highest BCUT2D eigenvalue weighted by Gasteiger charge is 2.04. The van der Waals surface area contributed by atoms with Crippen LogP contribution in [0.25, 0.3) is 16.9 Å². The summed E-state index contributed by atoms with van der Waals surface area (Å²) in [6, 6.07) is 11.5. The molecule has 0 spiro atoms. The molecule has 0 aliphatic rings. The Morgan fingerprint density at radius 3 is 2.56 bits per heavy atom. The number of nitrogens with zero attached hydrogens (tertiary/aromatic N) is 2. The summed E-state index contributed by atoms with van der Waals surface area (Å²) < 4.78 is 1.91. The van der Waals surface area contributed by atoms with Gasteiger partial charge in [0.1, 0.15) is 5.65 Å². The monoisotopic (exact) mass is 258 g/mol. The quantitative estimate of drug-likeness (QED) is 0.549. The standard InChI is InChI=1S/C13H11ClN4/c14-10-3-6-13-16-12(8-18(13)7-10)9-1-4-11(17-15)5-2-9/h1-8,17H,15H2. The summed E-state index contributed by atoms with van der Waals surface area (Å²) in [6.07, 6.45) is 3.79. The fourth-order valence-corrected chi connectivity index (χ4v) is 2.01. The lowest BCUT2D eigenvalue weighted by Crippen LogP contribution is -2.05. The first-order valence-electron chi connectivity index (χ1n) is 5.47. The maximum absolute atomic E-state index is 5.94. The van der Waals surface area contributed by atoms with Crippen LogP contribution in [0.1, 0.15) is 0 Å². The first-order valence-corrected chi connectivity index (χ1v) is 5.85. The molecule has 2 heterocycles.